The van der Waals surface area contributed by atoms with Gasteiger partial charge in [0.15, 0.2) is 0 Å². The van der Waals surface area contributed by atoms with E-state index in [1.165, 1.54) is 7.11 Å². The Morgan fingerprint density at radius 2 is 1.73 bits per heavy atom. The third-order valence-electron chi connectivity index (χ3n) is 4.88. The first-order chi connectivity index (χ1) is 14.2. The number of ether oxygens (including phenoxy) is 1. The van der Waals surface area contributed by atoms with Crippen molar-refractivity contribution in [3.05, 3.63) is 63.7 Å². The number of methoxy groups -OCH3 is 1. The summed E-state index contributed by atoms with van der Waals surface area (Å²) in [6, 6.07) is 7.10. The van der Waals surface area contributed by atoms with Gasteiger partial charge in [0, 0.05) is 22.6 Å². The van der Waals surface area contributed by atoms with Crippen molar-refractivity contribution < 1.29 is 14.3 Å². The first-order valence-corrected chi connectivity index (χ1v) is 9.56. The molecule has 0 unspecified atom stereocenters. The molecule has 0 radical (unpaired) electrons. The lowest BCUT2D eigenvalue weighted by atomic mass is 10.1. The van der Waals surface area contributed by atoms with Gasteiger partial charge in [-0.1, -0.05) is 12.1 Å². The average Bonchev–Trinajstić information content (AvgIpc) is 2.96. The Hall–Kier alpha value is -3.55. The van der Waals surface area contributed by atoms with Gasteiger partial charge in [-0.15, -0.1) is 0 Å². The second-order valence-corrected chi connectivity index (χ2v) is 7.23. The van der Waals surface area contributed by atoms with Gasteiger partial charge in [0.2, 0.25) is 5.91 Å². The molecular formula is C22H25N5O3. The van der Waals surface area contributed by atoms with Crippen molar-refractivity contribution in [2.24, 2.45) is 0 Å². The Kier molecular flexibility index (Phi) is 5.96. The summed E-state index contributed by atoms with van der Waals surface area (Å²) in [6.45, 7) is 9.37. The predicted molar refractivity (Wildman–Crippen MR) is 113 cm³/mol. The lowest BCUT2D eigenvalue weighted by Gasteiger charge is -2.13. The molecule has 0 saturated heterocycles. The van der Waals surface area contributed by atoms with Crippen molar-refractivity contribution in [2.45, 2.75) is 41.0 Å². The third-order valence-corrected chi connectivity index (χ3v) is 4.88. The summed E-state index contributed by atoms with van der Waals surface area (Å²) in [7, 11) is 1.31. The Balaban J connectivity index is 1.89. The lowest BCUT2D eigenvalue weighted by molar-refractivity contribution is -0.115. The fourth-order valence-electron chi connectivity index (χ4n) is 3.39. The molecule has 0 spiro atoms. The Bertz CT molecular complexity index is 1110. The smallest absolute Gasteiger partial charge is 0.339 e. The zero-order valence-corrected chi connectivity index (χ0v) is 18.0. The number of esters is 1. The number of nitrogens with zero attached hydrogens (tertiary/aromatic N) is 4. The van der Waals surface area contributed by atoms with Crippen molar-refractivity contribution in [2.75, 3.05) is 12.4 Å². The standard InChI is InChI=1S/C22H25N5O3/c1-12-8-7-9-17(21(29)30-6)20(12)25-19(28)11-18-15(4)26-27(16(18)5)22-23-13(2)10-14(3)24-22/h7-10H,11H2,1-6H3,(H,25,28). The van der Waals surface area contributed by atoms with E-state index in [4.69, 9.17) is 4.74 Å². The maximum atomic E-state index is 12.8. The average molecular weight is 407 g/mol. The number of aryl methyl sites for hydroxylation is 4. The first-order valence-electron chi connectivity index (χ1n) is 9.56. The van der Waals surface area contributed by atoms with Crippen LogP contribution in [0.1, 0.15) is 44.3 Å². The van der Waals surface area contributed by atoms with Gasteiger partial charge in [0.25, 0.3) is 5.95 Å². The SMILES string of the molecule is COC(=O)c1cccc(C)c1NC(=O)Cc1c(C)nn(-c2nc(C)cc(C)n2)c1C. The molecule has 1 amide bonds. The van der Waals surface area contributed by atoms with Gasteiger partial charge in [-0.05, 0) is 52.3 Å². The predicted octanol–water partition coefficient (Wildman–Crippen LogP) is 3.17. The van der Waals surface area contributed by atoms with E-state index in [-0.39, 0.29) is 12.3 Å². The molecular weight excluding hydrogens is 382 g/mol. The number of nitrogens with one attached hydrogen (secondary N) is 1. The van der Waals surface area contributed by atoms with Gasteiger partial charge in [0.1, 0.15) is 0 Å². The minimum Gasteiger partial charge on any atom is -0.465 e. The summed E-state index contributed by atoms with van der Waals surface area (Å²) >= 11 is 0. The van der Waals surface area contributed by atoms with E-state index in [1.807, 2.05) is 46.8 Å². The molecule has 1 aromatic carbocycles. The molecule has 3 rings (SSSR count). The van der Waals surface area contributed by atoms with Crippen LogP contribution in [0.15, 0.2) is 24.3 Å². The van der Waals surface area contributed by atoms with Gasteiger partial charge in [-0.3, -0.25) is 4.79 Å². The van der Waals surface area contributed by atoms with E-state index in [9.17, 15) is 9.59 Å². The number of carbonyl (C=O) groups is 2. The van der Waals surface area contributed by atoms with Crippen molar-refractivity contribution in [1.29, 1.82) is 0 Å². The highest BCUT2D eigenvalue weighted by Crippen LogP contribution is 2.23. The van der Waals surface area contributed by atoms with Crippen LogP contribution < -0.4 is 5.32 Å². The molecule has 0 aliphatic rings. The topological polar surface area (TPSA) is 99.0 Å². The quantitative estimate of drug-likeness (QED) is 0.652. The van der Waals surface area contributed by atoms with E-state index >= 15 is 0 Å². The number of anilines is 1. The fourth-order valence-corrected chi connectivity index (χ4v) is 3.39. The molecule has 0 atom stereocenters. The molecule has 156 valence electrons. The Labute approximate surface area is 175 Å². The fraction of sp³-hybridized carbons (Fsp3) is 0.318. The number of para-hydroxylation sites is 1. The van der Waals surface area contributed by atoms with E-state index in [1.54, 1.807) is 16.8 Å². The summed E-state index contributed by atoms with van der Waals surface area (Å²) in [6.07, 6.45) is 0.109. The number of hydrogen-bond acceptors (Lipinski definition) is 6. The van der Waals surface area contributed by atoms with Gasteiger partial charge in [-0.25, -0.2) is 19.4 Å². The monoisotopic (exact) mass is 407 g/mol. The van der Waals surface area contributed by atoms with Gasteiger partial charge in [0.05, 0.1) is 30.5 Å². The van der Waals surface area contributed by atoms with Crippen LogP contribution in [0.4, 0.5) is 5.69 Å². The number of amides is 1. The number of benzene rings is 1. The van der Waals surface area contributed by atoms with Crippen LogP contribution in [-0.2, 0) is 16.0 Å². The summed E-state index contributed by atoms with van der Waals surface area (Å²) in [4.78, 5) is 33.8. The molecule has 0 aliphatic heterocycles. The van der Waals surface area contributed by atoms with Gasteiger partial charge >= 0.3 is 5.97 Å². The maximum absolute atomic E-state index is 12.8. The molecule has 0 fully saturated rings. The van der Waals surface area contributed by atoms with Crippen LogP contribution in [0.3, 0.4) is 0 Å². The largest absolute Gasteiger partial charge is 0.465 e. The third kappa shape index (κ3) is 4.22. The lowest BCUT2D eigenvalue weighted by Crippen LogP contribution is -2.19. The van der Waals surface area contributed by atoms with Crippen LogP contribution in [-0.4, -0.2) is 38.7 Å². The number of hydrogen-bond donors (Lipinski definition) is 1. The first kappa shape index (κ1) is 21.2. The molecule has 0 aliphatic carbocycles. The van der Waals surface area contributed by atoms with E-state index in [2.05, 4.69) is 20.4 Å². The van der Waals surface area contributed by atoms with E-state index in [0.717, 1.165) is 33.9 Å². The Morgan fingerprint density at radius 3 is 2.37 bits per heavy atom. The molecule has 0 saturated carbocycles. The minimum absolute atomic E-state index is 0.109. The molecule has 2 heterocycles. The number of rotatable bonds is 5. The van der Waals surface area contributed by atoms with Crippen LogP contribution >= 0.6 is 0 Å². The molecule has 0 bridgehead atoms. The molecule has 3 aromatic rings. The molecule has 2 aromatic heterocycles. The van der Waals surface area contributed by atoms with Crippen molar-refractivity contribution in [3.63, 3.8) is 0 Å². The minimum atomic E-state index is -0.499. The second kappa shape index (κ2) is 8.44. The maximum Gasteiger partial charge on any atom is 0.339 e. The summed E-state index contributed by atoms with van der Waals surface area (Å²) < 4.78 is 6.48. The molecule has 1 N–H and O–H groups in total. The Morgan fingerprint density at radius 1 is 1.07 bits per heavy atom. The van der Waals surface area contributed by atoms with Gasteiger partial charge < -0.3 is 10.1 Å². The van der Waals surface area contributed by atoms with Crippen LogP contribution in [0.5, 0.6) is 0 Å². The number of aromatic nitrogens is 4. The van der Waals surface area contributed by atoms with Gasteiger partial charge in [-0.2, -0.15) is 5.10 Å². The summed E-state index contributed by atoms with van der Waals surface area (Å²) in [5, 5.41) is 7.39. The molecule has 8 nitrogen and oxygen atoms in total. The zero-order valence-electron chi connectivity index (χ0n) is 18.0. The van der Waals surface area contributed by atoms with Crippen molar-refractivity contribution in [1.82, 2.24) is 19.7 Å². The highest BCUT2D eigenvalue weighted by Gasteiger charge is 2.20. The summed E-state index contributed by atoms with van der Waals surface area (Å²) in [5.41, 5.74) is 5.56. The zero-order chi connectivity index (χ0) is 22.0. The van der Waals surface area contributed by atoms with Crippen LogP contribution in [0.2, 0.25) is 0 Å². The second-order valence-electron chi connectivity index (χ2n) is 7.23. The summed E-state index contributed by atoms with van der Waals surface area (Å²) in [5.74, 6) is -0.269. The highest BCUT2D eigenvalue weighted by molar-refractivity contribution is 6.02. The van der Waals surface area contributed by atoms with Crippen LogP contribution in [0, 0.1) is 34.6 Å². The van der Waals surface area contributed by atoms with Crippen LogP contribution in [0.25, 0.3) is 5.95 Å². The normalized spacial score (nSPS) is 10.7. The van der Waals surface area contributed by atoms with E-state index in [0.29, 0.717) is 17.2 Å². The molecule has 8 heteroatoms. The van der Waals surface area contributed by atoms with Crippen molar-refractivity contribution >= 4 is 17.6 Å². The highest BCUT2D eigenvalue weighted by atomic mass is 16.5. The van der Waals surface area contributed by atoms with Crippen molar-refractivity contribution in [3.8, 4) is 5.95 Å². The molecule has 30 heavy (non-hydrogen) atoms. The number of carbonyl (C=O) groups excluding carboxylic acids is 2. The van der Waals surface area contributed by atoms with E-state index < -0.39 is 5.97 Å².